The number of aliphatic carboxylic acids is 1. The number of hydrogen-bond acceptors (Lipinski definition) is 4. The first-order valence-corrected chi connectivity index (χ1v) is 8.87. The zero-order valence-corrected chi connectivity index (χ0v) is 16.0. The zero-order valence-electron chi connectivity index (χ0n) is 14.5. The molecule has 1 aliphatic heterocycles. The van der Waals surface area contributed by atoms with Gasteiger partial charge >= 0.3 is 5.97 Å². The van der Waals surface area contributed by atoms with Crippen LogP contribution in [0.2, 0.25) is 10.0 Å². The lowest BCUT2D eigenvalue weighted by molar-refractivity contribution is -0.132. The molecule has 1 unspecified atom stereocenters. The second-order valence-electron chi connectivity index (χ2n) is 6.29. The van der Waals surface area contributed by atoms with Gasteiger partial charge in [-0.1, -0.05) is 35.3 Å². The molecule has 7 heteroatoms. The van der Waals surface area contributed by atoms with E-state index in [-0.39, 0.29) is 11.7 Å². The second kappa shape index (κ2) is 7.17. The van der Waals surface area contributed by atoms with E-state index in [1.165, 1.54) is 0 Å². The number of carbonyl (C=O) groups is 1. The topological polar surface area (TPSA) is 71.5 Å². The number of anilines is 1. The minimum Gasteiger partial charge on any atom is -0.478 e. The molecule has 2 N–H and O–H groups in total. The van der Waals surface area contributed by atoms with Gasteiger partial charge in [-0.15, -0.1) is 0 Å². The Morgan fingerprint density at radius 2 is 2.04 bits per heavy atom. The molecule has 26 heavy (non-hydrogen) atoms. The number of nitrogens with one attached hydrogen (secondary N) is 1. The van der Waals surface area contributed by atoms with Gasteiger partial charge < -0.3 is 15.2 Å². The Labute approximate surface area is 161 Å². The first-order chi connectivity index (χ1) is 12.3. The highest BCUT2D eigenvalue weighted by molar-refractivity contribution is 6.42. The van der Waals surface area contributed by atoms with Crippen molar-refractivity contribution >= 4 is 34.9 Å². The van der Waals surface area contributed by atoms with Crippen LogP contribution in [-0.4, -0.2) is 22.2 Å². The van der Waals surface area contributed by atoms with Crippen LogP contribution in [-0.2, 0) is 4.79 Å². The molecule has 1 aromatic carbocycles. The van der Waals surface area contributed by atoms with E-state index in [1.807, 2.05) is 13.8 Å². The number of fused-ring (bicyclic) bond motifs is 1. The van der Waals surface area contributed by atoms with Crippen molar-refractivity contribution in [1.82, 2.24) is 4.98 Å². The summed E-state index contributed by atoms with van der Waals surface area (Å²) in [6.45, 7) is 5.50. The highest BCUT2D eigenvalue weighted by Gasteiger charge is 2.36. The third-order valence-electron chi connectivity index (χ3n) is 4.13. The highest BCUT2D eigenvalue weighted by atomic mass is 35.5. The van der Waals surface area contributed by atoms with Crippen molar-refractivity contribution in [3.05, 3.63) is 62.9 Å². The number of allylic oxidation sites excluding steroid dienone is 1. The molecule has 0 amide bonds. The van der Waals surface area contributed by atoms with Gasteiger partial charge in [-0.25, -0.2) is 9.78 Å². The molecule has 2 heterocycles. The maximum absolute atomic E-state index is 12.1. The van der Waals surface area contributed by atoms with Gasteiger partial charge in [-0.3, -0.25) is 0 Å². The van der Waals surface area contributed by atoms with Crippen molar-refractivity contribution in [3.8, 4) is 5.88 Å². The molecule has 2 aromatic rings. The lowest BCUT2D eigenvalue weighted by Gasteiger charge is -2.31. The summed E-state index contributed by atoms with van der Waals surface area (Å²) in [6, 6.07) is 6.98. The van der Waals surface area contributed by atoms with E-state index < -0.39 is 11.9 Å². The summed E-state index contributed by atoms with van der Waals surface area (Å²) in [5.41, 5.74) is 2.68. The van der Waals surface area contributed by atoms with Crippen molar-refractivity contribution in [3.63, 3.8) is 0 Å². The average molecular weight is 393 g/mol. The second-order valence-corrected chi connectivity index (χ2v) is 7.07. The number of rotatable bonds is 4. The van der Waals surface area contributed by atoms with Crippen LogP contribution in [0, 0.1) is 0 Å². The summed E-state index contributed by atoms with van der Waals surface area (Å²) in [5.74, 6) is -1.32. The molecule has 1 aromatic heterocycles. The van der Waals surface area contributed by atoms with Crippen LogP contribution in [0.5, 0.6) is 5.88 Å². The predicted molar refractivity (Wildman–Crippen MR) is 102 cm³/mol. The molecule has 0 fully saturated rings. The van der Waals surface area contributed by atoms with Gasteiger partial charge in [0.2, 0.25) is 5.88 Å². The van der Waals surface area contributed by atoms with Crippen LogP contribution >= 0.6 is 23.2 Å². The van der Waals surface area contributed by atoms with Gasteiger partial charge in [0.05, 0.1) is 33.2 Å². The molecule has 0 bridgehead atoms. The fourth-order valence-corrected chi connectivity index (χ4v) is 3.54. The van der Waals surface area contributed by atoms with Gasteiger partial charge in [-0.05, 0) is 38.5 Å². The van der Waals surface area contributed by atoms with Crippen molar-refractivity contribution in [2.45, 2.75) is 32.8 Å². The third kappa shape index (κ3) is 3.24. The largest absolute Gasteiger partial charge is 0.478 e. The molecular formula is C19H18Cl2N2O3. The Hall–Kier alpha value is -2.24. The number of halogens is 2. The lowest BCUT2D eigenvalue weighted by Crippen LogP contribution is -2.24. The number of benzene rings is 1. The zero-order chi connectivity index (χ0) is 19.0. The molecule has 0 aliphatic carbocycles. The number of carboxylic acids is 1. The molecule has 0 saturated carbocycles. The van der Waals surface area contributed by atoms with Crippen LogP contribution in [0.3, 0.4) is 0 Å². The summed E-state index contributed by atoms with van der Waals surface area (Å²) in [4.78, 5) is 16.4. The van der Waals surface area contributed by atoms with E-state index in [0.29, 0.717) is 32.7 Å². The Morgan fingerprint density at radius 3 is 2.69 bits per heavy atom. The van der Waals surface area contributed by atoms with Gasteiger partial charge in [0.15, 0.2) is 0 Å². The molecule has 1 atom stereocenters. The standard InChI is InChI=1S/C19H18Cl2N2O3/c1-9(2)26-18-16-13(7-8-22-18)23-10(3)14(19(24)25)15(16)11-5-4-6-12(20)17(11)21/h4-9,15,23H,1-3H3,(H,24,25). The molecule has 136 valence electrons. The first kappa shape index (κ1) is 18.5. The molecule has 0 radical (unpaired) electrons. The summed E-state index contributed by atoms with van der Waals surface area (Å²) in [6.07, 6.45) is 1.50. The molecule has 0 saturated heterocycles. The van der Waals surface area contributed by atoms with Gasteiger partial charge in [0.1, 0.15) is 0 Å². The van der Waals surface area contributed by atoms with Crippen LogP contribution in [0.25, 0.3) is 0 Å². The number of nitrogens with zero attached hydrogens (tertiary/aromatic N) is 1. The maximum atomic E-state index is 12.1. The summed E-state index contributed by atoms with van der Waals surface area (Å²) >= 11 is 12.6. The van der Waals surface area contributed by atoms with Crippen molar-refractivity contribution in [2.24, 2.45) is 0 Å². The van der Waals surface area contributed by atoms with E-state index in [1.54, 1.807) is 37.4 Å². The number of ether oxygens (including phenoxy) is 1. The van der Waals surface area contributed by atoms with Crippen molar-refractivity contribution < 1.29 is 14.6 Å². The SMILES string of the molecule is CC1=C(C(=O)O)C(c2cccc(Cl)c2Cl)c2c(ccnc2OC(C)C)N1. The number of aromatic nitrogens is 1. The fourth-order valence-electron chi connectivity index (χ4n) is 3.13. The van der Waals surface area contributed by atoms with E-state index in [0.717, 1.165) is 5.69 Å². The smallest absolute Gasteiger partial charge is 0.334 e. The van der Waals surface area contributed by atoms with Crippen LogP contribution in [0.4, 0.5) is 5.69 Å². The summed E-state index contributed by atoms with van der Waals surface area (Å²) in [7, 11) is 0. The monoisotopic (exact) mass is 392 g/mol. The minimum absolute atomic E-state index is 0.121. The maximum Gasteiger partial charge on any atom is 0.334 e. The van der Waals surface area contributed by atoms with Crippen LogP contribution in [0.1, 0.15) is 37.8 Å². The van der Waals surface area contributed by atoms with E-state index >= 15 is 0 Å². The molecular weight excluding hydrogens is 375 g/mol. The average Bonchev–Trinajstić information content (AvgIpc) is 2.55. The molecule has 0 spiro atoms. The van der Waals surface area contributed by atoms with Gasteiger partial charge in [0.25, 0.3) is 0 Å². The lowest BCUT2D eigenvalue weighted by atomic mass is 9.81. The molecule has 1 aliphatic rings. The third-order valence-corrected chi connectivity index (χ3v) is 4.96. The Bertz CT molecular complexity index is 910. The highest BCUT2D eigenvalue weighted by Crippen LogP contribution is 2.48. The van der Waals surface area contributed by atoms with Crippen LogP contribution in [0.15, 0.2) is 41.7 Å². The molecule has 3 rings (SSSR count). The normalized spacial score (nSPS) is 16.3. The Balaban J connectivity index is 2.32. The fraction of sp³-hybridized carbons (Fsp3) is 0.263. The van der Waals surface area contributed by atoms with E-state index in [2.05, 4.69) is 10.3 Å². The minimum atomic E-state index is -1.04. The van der Waals surface area contributed by atoms with Crippen molar-refractivity contribution in [2.75, 3.05) is 5.32 Å². The number of pyridine rings is 1. The van der Waals surface area contributed by atoms with E-state index in [4.69, 9.17) is 27.9 Å². The quantitative estimate of drug-likeness (QED) is 0.757. The number of carboxylic acid groups (broad SMARTS) is 1. The predicted octanol–water partition coefficient (Wildman–Crippen LogP) is 5.09. The summed E-state index contributed by atoms with van der Waals surface area (Å²) in [5, 5.41) is 13.7. The number of hydrogen-bond donors (Lipinski definition) is 2. The Kier molecular flexibility index (Phi) is 5.12. The van der Waals surface area contributed by atoms with Gasteiger partial charge in [0, 0.05) is 17.6 Å². The van der Waals surface area contributed by atoms with Crippen LogP contribution < -0.4 is 10.1 Å². The summed E-state index contributed by atoms with van der Waals surface area (Å²) < 4.78 is 5.86. The molecule has 5 nitrogen and oxygen atoms in total. The van der Waals surface area contributed by atoms with Crippen molar-refractivity contribution in [1.29, 1.82) is 0 Å². The first-order valence-electron chi connectivity index (χ1n) is 8.11. The Morgan fingerprint density at radius 1 is 1.31 bits per heavy atom. The van der Waals surface area contributed by atoms with Gasteiger partial charge in [-0.2, -0.15) is 0 Å². The van der Waals surface area contributed by atoms with E-state index in [9.17, 15) is 9.90 Å².